The highest BCUT2D eigenvalue weighted by atomic mass is 16.5. The predicted molar refractivity (Wildman–Crippen MR) is 79.2 cm³/mol. The number of aromatic nitrogens is 2. The van der Waals surface area contributed by atoms with E-state index in [2.05, 4.69) is 6.33 Å². The van der Waals surface area contributed by atoms with Crippen LogP contribution in [-0.4, -0.2) is 18.8 Å². The minimum Gasteiger partial charge on any atom is -0.497 e. The summed E-state index contributed by atoms with van der Waals surface area (Å²) in [6.45, 7) is 0. The lowest BCUT2D eigenvalue weighted by Crippen LogP contribution is -2.28. The molecule has 0 aliphatic carbocycles. The minimum atomic E-state index is 0.822. The zero-order chi connectivity index (χ0) is 14.7. The van der Waals surface area contributed by atoms with Crippen molar-refractivity contribution < 1.29 is 14.0 Å². The zero-order valence-electron chi connectivity index (χ0n) is 12.0. The molecular weight excluding hydrogens is 264 g/mol. The lowest BCUT2D eigenvalue weighted by atomic mass is 10.3. The second kappa shape index (κ2) is 5.71. The van der Waals surface area contributed by atoms with Crippen LogP contribution in [0.5, 0.6) is 11.5 Å². The number of rotatable bonds is 4. The molecule has 0 fully saturated rings. The topological polar surface area (TPSA) is 27.3 Å². The van der Waals surface area contributed by atoms with Gasteiger partial charge < -0.3 is 9.47 Å². The first-order valence-electron chi connectivity index (χ1n) is 6.61. The van der Waals surface area contributed by atoms with Gasteiger partial charge in [0.05, 0.1) is 25.6 Å². The largest absolute Gasteiger partial charge is 0.497 e. The van der Waals surface area contributed by atoms with E-state index >= 15 is 0 Å². The minimum absolute atomic E-state index is 0.822. The van der Waals surface area contributed by atoms with Crippen molar-refractivity contribution in [3.8, 4) is 22.9 Å². The Morgan fingerprint density at radius 1 is 0.952 bits per heavy atom. The Balaban J connectivity index is 1.95. The van der Waals surface area contributed by atoms with Gasteiger partial charge in [-0.1, -0.05) is 12.1 Å². The van der Waals surface area contributed by atoms with Crippen molar-refractivity contribution >= 4 is 0 Å². The summed E-state index contributed by atoms with van der Waals surface area (Å²) in [7, 11) is 3.32. The van der Waals surface area contributed by atoms with Crippen LogP contribution in [0.2, 0.25) is 0 Å². The van der Waals surface area contributed by atoms with Crippen LogP contribution in [0.15, 0.2) is 60.9 Å². The van der Waals surface area contributed by atoms with Gasteiger partial charge >= 0.3 is 0 Å². The summed E-state index contributed by atoms with van der Waals surface area (Å²) < 4.78 is 14.3. The molecule has 0 saturated heterocycles. The number of imidazole rings is 1. The third-order valence-corrected chi connectivity index (χ3v) is 3.24. The van der Waals surface area contributed by atoms with Crippen molar-refractivity contribution in [2.75, 3.05) is 14.2 Å². The van der Waals surface area contributed by atoms with Crippen LogP contribution in [0.1, 0.15) is 0 Å². The van der Waals surface area contributed by atoms with E-state index < -0.39 is 0 Å². The molecule has 2 aromatic carbocycles. The van der Waals surface area contributed by atoms with Crippen molar-refractivity contribution in [3.63, 3.8) is 0 Å². The maximum Gasteiger partial charge on any atom is 0.268 e. The Bertz CT molecular complexity index is 688. The van der Waals surface area contributed by atoms with E-state index in [1.165, 1.54) is 0 Å². The molecule has 1 heterocycles. The normalized spacial score (nSPS) is 10.4. The van der Waals surface area contributed by atoms with Gasteiger partial charge in [-0.2, -0.15) is 0 Å². The zero-order valence-corrected chi connectivity index (χ0v) is 12.0. The molecule has 0 atom stereocenters. The van der Waals surface area contributed by atoms with Gasteiger partial charge in [-0.05, 0) is 36.4 Å². The first-order chi connectivity index (χ1) is 10.3. The van der Waals surface area contributed by atoms with Gasteiger partial charge in [0.15, 0.2) is 0 Å². The maximum absolute atomic E-state index is 5.25. The van der Waals surface area contributed by atoms with Gasteiger partial charge in [-0.15, -0.1) is 0 Å². The quantitative estimate of drug-likeness (QED) is 0.542. The molecule has 4 heteroatoms. The smallest absolute Gasteiger partial charge is 0.268 e. The van der Waals surface area contributed by atoms with Crippen LogP contribution >= 0.6 is 0 Å². The molecule has 0 radical (unpaired) electrons. The van der Waals surface area contributed by atoms with Crippen molar-refractivity contribution in [1.29, 1.82) is 0 Å². The average molecular weight is 280 g/mol. The van der Waals surface area contributed by atoms with Gasteiger partial charge in [-0.25, -0.2) is 0 Å². The second-order valence-corrected chi connectivity index (χ2v) is 4.54. The molecule has 21 heavy (non-hydrogen) atoms. The van der Waals surface area contributed by atoms with E-state index in [1.54, 1.807) is 14.2 Å². The summed E-state index contributed by atoms with van der Waals surface area (Å²) in [5.41, 5.74) is 1.99. The fourth-order valence-corrected chi connectivity index (χ4v) is 2.12. The van der Waals surface area contributed by atoms with E-state index in [1.807, 2.05) is 70.1 Å². The van der Waals surface area contributed by atoms with E-state index in [9.17, 15) is 0 Å². The van der Waals surface area contributed by atoms with Crippen LogP contribution in [0, 0.1) is 6.33 Å². The number of hydrogen-bond donors (Lipinski definition) is 0. The number of nitrogens with zero attached hydrogens (tertiary/aromatic N) is 2. The fourth-order valence-electron chi connectivity index (χ4n) is 2.12. The molecule has 3 rings (SSSR count). The molecule has 0 aliphatic heterocycles. The van der Waals surface area contributed by atoms with Crippen molar-refractivity contribution in [2.24, 2.45) is 0 Å². The molecule has 0 N–H and O–H groups in total. The van der Waals surface area contributed by atoms with Crippen LogP contribution in [0.4, 0.5) is 0 Å². The maximum atomic E-state index is 5.25. The molecular formula is C17H16N2O2. The Kier molecular flexibility index (Phi) is 3.60. The van der Waals surface area contributed by atoms with Crippen molar-refractivity contribution in [2.45, 2.75) is 0 Å². The first-order valence-corrected chi connectivity index (χ1v) is 6.61. The monoisotopic (exact) mass is 280 g/mol. The van der Waals surface area contributed by atoms with Crippen molar-refractivity contribution in [1.82, 2.24) is 4.57 Å². The molecule has 106 valence electrons. The molecule has 0 unspecified atom stereocenters. The summed E-state index contributed by atoms with van der Waals surface area (Å²) >= 11 is 0. The number of methoxy groups -OCH3 is 2. The lowest BCUT2D eigenvalue weighted by Gasteiger charge is -2.05. The summed E-state index contributed by atoms with van der Waals surface area (Å²) in [4.78, 5) is 0. The third-order valence-electron chi connectivity index (χ3n) is 3.24. The standard InChI is InChI=1S/C17H16N2O2/c1-20-16-7-3-5-14(11-16)18-9-10-19(13-18)15-6-4-8-17(12-15)21-2/h3-12H,1-2H3. The summed E-state index contributed by atoms with van der Waals surface area (Å²) in [6.07, 6.45) is 7.18. The number of hydrogen-bond acceptors (Lipinski definition) is 2. The Hall–Kier alpha value is -2.75. The number of ether oxygens (including phenoxy) is 2. The van der Waals surface area contributed by atoms with Crippen LogP contribution in [0.3, 0.4) is 0 Å². The molecule has 0 amide bonds. The summed E-state index contributed by atoms with van der Waals surface area (Å²) in [6, 6.07) is 15.7. The average Bonchev–Trinajstić information content (AvgIpc) is 3.05. The Labute approximate surface area is 123 Å². The second-order valence-electron chi connectivity index (χ2n) is 4.54. The molecule has 0 bridgehead atoms. The van der Waals surface area contributed by atoms with Gasteiger partial charge in [0.1, 0.15) is 11.5 Å². The van der Waals surface area contributed by atoms with E-state index in [0.29, 0.717) is 0 Å². The molecule has 1 aromatic heterocycles. The van der Waals surface area contributed by atoms with E-state index in [-0.39, 0.29) is 0 Å². The first kappa shape index (κ1) is 13.2. The molecule has 0 aliphatic rings. The number of benzene rings is 2. The lowest BCUT2D eigenvalue weighted by molar-refractivity contribution is -0.599. The highest BCUT2D eigenvalue weighted by molar-refractivity contribution is 5.39. The van der Waals surface area contributed by atoms with E-state index in [4.69, 9.17) is 9.47 Å². The SMILES string of the molecule is COc1cccc(-n2[c-][n+](-c3cccc(OC)c3)cc2)c1. The third kappa shape index (κ3) is 2.74. The molecule has 3 aromatic rings. The summed E-state index contributed by atoms with van der Waals surface area (Å²) in [5, 5.41) is 0. The van der Waals surface area contributed by atoms with Gasteiger partial charge in [0.25, 0.3) is 6.33 Å². The van der Waals surface area contributed by atoms with Crippen LogP contribution < -0.4 is 14.0 Å². The molecule has 4 nitrogen and oxygen atoms in total. The Morgan fingerprint density at radius 3 is 2.43 bits per heavy atom. The van der Waals surface area contributed by atoms with Crippen LogP contribution in [-0.2, 0) is 0 Å². The van der Waals surface area contributed by atoms with Crippen LogP contribution in [0.25, 0.3) is 11.4 Å². The molecule has 0 saturated carbocycles. The highest BCUT2D eigenvalue weighted by Gasteiger charge is 2.04. The summed E-state index contributed by atoms with van der Waals surface area (Å²) in [5.74, 6) is 1.64. The van der Waals surface area contributed by atoms with Gasteiger partial charge in [0, 0.05) is 12.4 Å². The Morgan fingerprint density at radius 2 is 1.67 bits per heavy atom. The van der Waals surface area contributed by atoms with Gasteiger partial charge in [-0.3, -0.25) is 9.13 Å². The van der Waals surface area contributed by atoms with E-state index in [0.717, 1.165) is 22.9 Å². The molecule has 0 spiro atoms. The highest BCUT2D eigenvalue weighted by Crippen LogP contribution is 2.16. The van der Waals surface area contributed by atoms with Gasteiger partial charge in [0.2, 0.25) is 0 Å². The predicted octanol–water partition coefficient (Wildman–Crippen LogP) is 2.57. The fraction of sp³-hybridized carbons (Fsp3) is 0.118. The van der Waals surface area contributed by atoms with Crippen molar-refractivity contribution in [3.05, 3.63) is 67.3 Å².